The smallest absolute Gasteiger partial charge is 0.0780 e. The van der Waals surface area contributed by atoms with Crippen molar-refractivity contribution in [2.75, 3.05) is 0 Å². The van der Waals surface area contributed by atoms with E-state index in [0.717, 1.165) is 32.1 Å². The molecule has 0 bridgehead atoms. The van der Waals surface area contributed by atoms with Crippen LogP contribution >= 0.6 is 27.5 Å². The molecular weight excluding hydrogens is 324 g/mol. The summed E-state index contributed by atoms with van der Waals surface area (Å²) in [6, 6.07) is 0. The van der Waals surface area contributed by atoms with Crippen molar-refractivity contribution < 1.29 is 4.74 Å². The number of hydrogen-bond donors (Lipinski definition) is 0. The quantitative estimate of drug-likeness (QED) is 0.402. The van der Waals surface area contributed by atoms with Crippen molar-refractivity contribution in [2.24, 2.45) is 0 Å². The van der Waals surface area contributed by atoms with Crippen LogP contribution in [0.4, 0.5) is 0 Å². The molecule has 0 saturated heterocycles. The predicted molar refractivity (Wildman–Crippen MR) is 86.9 cm³/mol. The molecule has 0 radical (unpaired) electrons. The molecular formula is C16H22BrClO. The average Bonchev–Trinajstić information content (AvgIpc) is 2.50. The summed E-state index contributed by atoms with van der Waals surface area (Å²) in [7, 11) is 0. The maximum Gasteiger partial charge on any atom is 0.0780 e. The van der Waals surface area contributed by atoms with Crippen molar-refractivity contribution in [3.8, 4) is 12.3 Å². The third kappa shape index (κ3) is 6.17. The van der Waals surface area contributed by atoms with Gasteiger partial charge >= 0.3 is 0 Å². The zero-order chi connectivity index (χ0) is 14.1. The van der Waals surface area contributed by atoms with Gasteiger partial charge in [-0.15, -0.1) is 18.0 Å². The van der Waals surface area contributed by atoms with Gasteiger partial charge in [-0.25, -0.2) is 0 Å². The van der Waals surface area contributed by atoms with E-state index < -0.39 is 0 Å². The van der Waals surface area contributed by atoms with Gasteiger partial charge in [-0.1, -0.05) is 47.0 Å². The first kappa shape index (κ1) is 16.8. The lowest BCUT2D eigenvalue weighted by Gasteiger charge is -2.29. The zero-order valence-corrected chi connectivity index (χ0v) is 13.7. The van der Waals surface area contributed by atoms with Crippen LogP contribution in [0.15, 0.2) is 24.3 Å². The summed E-state index contributed by atoms with van der Waals surface area (Å²) >= 11 is 10.2. The molecule has 0 aliphatic carbocycles. The van der Waals surface area contributed by atoms with Gasteiger partial charge in [-0.2, -0.15) is 0 Å². The zero-order valence-electron chi connectivity index (χ0n) is 11.4. The fraction of sp³-hybridized carbons (Fsp3) is 0.625. The summed E-state index contributed by atoms with van der Waals surface area (Å²) in [4.78, 5) is 0.377. The molecule has 0 aromatic carbocycles. The number of allylic oxidation sites excluding steroid dienone is 3. The van der Waals surface area contributed by atoms with E-state index in [2.05, 4.69) is 40.9 Å². The second kappa shape index (κ2) is 9.64. The van der Waals surface area contributed by atoms with Gasteiger partial charge in [0.15, 0.2) is 0 Å². The van der Waals surface area contributed by atoms with E-state index in [0.29, 0.717) is 4.83 Å². The minimum atomic E-state index is -0.00386. The molecule has 19 heavy (non-hydrogen) atoms. The number of rotatable bonds is 4. The van der Waals surface area contributed by atoms with Crippen molar-refractivity contribution in [1.82, 2.24) is 0 Å². The van der Waals surface area contributed by atoms with Crippen LogP contribution in [-0.4, -0.2) is 22.4 Å². The molecule has 0 fully saturated rings. The summed E-state index contributed by atoms with van der Waals surface area (Å²) in [6.07, 6.45) is 18.3. The fourth-order valence-corrected chi connectivity index (χ4v) is 2.79. The van der Waals surface area contributed by atoms with E-state index in [-0.39, 0.29) is 17.6 Å². The van der Waals surface area contributed by atoms with Gasteiger partial charge in [0.05, 0.1) is 17.6 Å². The topological polar surface area (TPSA) is 9.23 Å². The van der Waals surface area contributed by atoms with Crippen LogP contribution in [0, 0.1) is 12.3 Å². The number of ether oxygens (including phenoxy) is 1. The Kier molecular flexibility index (Phi) is 8.53. The first-order chi connectivity index (χ1) is 9.19. The van der Waals surface area contributed by atoms with Crippen molar-refractivity contribution >= 4 is 27.5 Å². The van der Waals surface area contributed by atoms with Gasteiger partial charge in [0.1, 0.15) is 0 Å². The standard InChI is InChI=1S/C16H22BrClO/c1-3-5-7-12-16-14(18)10-8-6-9-11-15(19-16)13(17)4-2/h1,5-8,13-16H,4,9-12H2,2H3/b7-5-,8-6-/t13-,14-,15-,16-/m0/s1. The van der Waals surface area contributed by atoms with E-state index in [1.807, 2.05) is 6.08 Å². The summed E-state index contributed by atoms with van der Waals surface area (Å²) in [6.45, 7) is 2.16. The number of alkyl halides is 2. The SMILES string of the molecule is C#C/C=C\C[C@@H]1O[C@H]([C@@H](Br)CC)CC/C=C\C[C@@H]1Cl. The Labute approximate surface area is 130 Å². The molecule has 1 aliphatic rings. The average molecular weight is 346 g/mol. The molecule has 3 heteroatoms. The van der Waals surface area contributed by atoms with E-state index in [1.54, 1.807) is 6.08 Å². The molecule has 1 rings (SSSR count). The molecule has 0 spiro atoms. The molecule has 0 saturated carbocycles. The molecule has 1 nitrogen and oxygen atoms in total. The van der Waals surface area contributed by atoms with Gasteiger partial charge in [0.25, 0.3) is 0 Å². The molecule has 0 unspecified atom stereocenters. The molecule has 0 aromatic heterocycles. The summed E-state index contributed by atoms with van der Waals surface area (Å²) in [5.41, 5.74) is 0. The minimum absolute atomic E-state index is 0.00386. The van der Waals surface area contributed by atoms with Crippen LogP contribution in [0.3, 0.4) is 0 Å². The van der Waals surface area contributed by atoms with E-state index in [1.165, 1.54) is 0 Å². The minimum Gasteiger partial charge on any atom is -0.372 e. The Morgan fingerprint density at radius 3 is 3.05 bits per heavy atom. The van der Waals surface area contributed by atoms with Gasteiger partial charge in [-0.05, 0) is 38.2 Å². The third-order valence-corrected chi connectivity index (χ3v) is 4.97. The van der Waals surface area contributed by atoms with Crippen LogP contribution in [0.5, 0.6) is 0 Å². The molecule has 106 valence electrons. The summed E-state index contributed by atoms with van der Waals surface area (Å²) in [5, 5.41) is -0.00386. The second-order valence-corrected chi connectivity index (χ2v) is 6.48. The lowest BCUT2D eigenvalue weighted by molar-refractivity contribution is -0.0149. The van der Waals surface area contributed by atoms with Gasteiger partial charge < -0.3 is 4.74 Å². The highest BCUT2D eigenvalue weighted by atomic mass is 79.9. The van der Waals surface area contributed by atoms with Crippen LogP contribution in [0.25, 0.3) is 0 Å². The van der Waals surface area contributed by atoms with Crippen LogP contribution < -0.4 is 0 Å². The Balaban J connectivity index is 2.73. The second-order valence-electron chi connectivity index (χ2n) is 4.74. The van der Waals surface area contributed by atoms with Crippen LogP contribution in [0.2, 0.25) is 0 Å². The highest BCUT2D eigenvalue weighted by Crippen LogP contribution is 2.26. The Morgan fingerprint density at radius 2 is 2.37 bits per heavy atom. The largest absolute Gasteiger partial charge is 0.372 e. The molecule has 0 N–H and O–H groups in total. The first-order valence-corrected chi connectivity index (χ1v) is 8.24. The summed E-state index contributed by atoms with van der Waals surface area (Å²) < 4.78 is 6.24. The van der Waals surface area contributed by atoms with Crippen LogP contribution in [0.1, 0.15) is 39.0 Å². The normalized spacial score (nSPS) is 32.0. The van der Waals surface area contributed by atoms with Crippen molar-refractivity contribution in [1.29, 1.82) is 0 Å². The van der Waals surface area contributed by atoms with E-state index in [9.17, 15) is 0 Å². The fourth-order valence-electron chi connectivity index (χ4n) is 2.14. The van der Waals surface area contributed by atoms with E-state index in [4.69, 9.17) is 22.8 Å². The van der Waals surface area contributed by atoms with Crippen molar-refractivity contribution in [2.45, 2.75) is 61.4 Å². The Hall–Kier alpha value is -0.230. The highest BCUT2D eigenvalue weighted by Gasteiger charge is 2.26. The lowest BCUT2D eigenvalue weighted by atomic mass is 10.1. The maximum absolute atomic E-state index is 6.45. The number of terminal acetylenes is 1. The van der Waals surface area contributed by atoms with Crippen molar-refractivity contribution in [3.63, 3.8) is 0 Å². The predicted octanol–water partition coefficient (Wildman–Crippen LogP) is 4.84. The molecule has 0 amide bonds. The monoisotopic (exact) mass is 344 g/mol. The molecule has 1 heterocycles. The maximum atomic E-state index is 6.45. The third-order valence-electron chi connectivity index (χ3n) is 3.27. The van der Waals surface area contributed by atoms with Crippen LogP contribution in [-0.2, 0) is 4.74 Å². The number of hydrogen-bond acceptors (Lipinski definition) is 1. The van der Waals surface area contributed by atoms with Gasteiger partial charge in [0.2, 0.25) is 0 Å². The summed E-state index contributed by atoms with van der Waals surface area (Å²) in [5.74, 6) is 2.51. The van der Waals surface area contributed by atoms with Gasteiger partial charge in [0, 0.05) is 4.83 Å². The lowest BCUT2D eigenvalue weighted by Crippen LogP contribution is -2.33. The van der Waals surface area contributed by atoms with E-state index >= 15 is 0 Å². The first-order valence-electron chi connectivity index (χ1n) is 6.88. The Morgan fingerprint density at radius 1 is 1.58 bits per heavy atom. The highest BCUT2D eigenvalue weighted by molar-refractivity contribution is 9.09. The molecule has 0 aromatic rings. The van der Waals surface area contributed by atoms with Gasteiger partial charge in [-0.3, -0.25) is 0 Å². The Bertz CT molecular complexity index is 345. The van der Waals surface area contributed by atoms with Crippen molar-refractivity contribution in [3.05, 3.63) is 24.3 Å². The number of halogens is 2. The molecule has 1 aliphatic heterocycles. The molecule has 4 atom stereocenters.